The number of halogens is 10. The minimum Gasteiger partial charge on any atom is -0.381 e. The molecule has 2 aromatic heterocycles. The first-order valence-electron chi connectivity index (χ1n) is 30.6. The van der Waals surface area contributed by atoms with E-state index in [0.29, 0.717) is 61.6 Å². The van der Waals surface area contributed by atoms with E-state index < -0.39 is 137 Å². The van der Waals surface area contributed by atoms with Crippen LogP contribution in [-0.2, 0) is 31.4 Å². The minimum absolute atomic E-state index is 0. The lowest BCUT2D eigenvalue weighted by Gasteiger charge is -2.40. The molecular weight excluding hydrogens is 1270 g/mol. The molecule has 500 valence electrons. The SMILES string of the molecule is CCN1C(=O)[C@@H](NC(=O)c2cccc(C(F)(F)F)c2)[C@@H](c2ccc(F)cc2)c2c(C(=O)N3CC(F)(F)C[C@H]3C#N)nn(C3CCOCC3)c21.CCN1C(=O)[C@@H](NC(=O)c2cccc(C(F)(F)F)c2)[C@@H](c2ccc(F)cc2)c2c(C(=O)N3[C@H](C#N)C[C@H]4C[C@H]43)nn(C3COC3)c21.[HH].[HH]. The van der Waals surface area contributed by atoms with Crippen LogP contribution in [0.5, 0.6) is 0 Å². The molecule has 0 radical (unpaired) electrons. The molecule has 1 saturated carbocycles. The quantitative estimate of drug-likeness (QED) is 0.109. The third-order valence-corrected chi connectivity index (χ3v) is 18.3. The topological polar surface area (TPSA) is 241 Å². The number of alkyl halides is 8. The average molecular weight is 1330 g/mol. The summed E-state index contributed by atoms with van der Waals surface area (Å²) < 4.78 is 152. The lowest BCUT2D eigenvalue weighted by atomic mass is 9.80. The summed E-state index contributed by atoms with van der Waals surface area (Å²) >= 11 is 0. The number of likely N-dealkylation sites (N-methyl/N-ethyl adjacent to an activating group) is 2. The summed E-state index contributed by atoms with van der Waals surface area (Å²) in [5.41, 5.74) is -2.23. The molecule has 4 saturated heterocycles. The van der Waals surface area contributed by atoms with Crippen molar-refractivity contribution in [2.45, 2.75) is 118 Å². The van der Waals surface area contributed by atoms with Crippen LogP contribution in [0.1, 0.15) is 148 Å². The molecule has 0 bridgehead atoms. The number of anilines is 2. The van der Waals surface area contributed by atoms with Crippen LogP contribution < -0.4 is 20.4 Å². The Balaban J connectivity index is 0.000000207. The molecule has 20 nitrogen and oxygen atoms in total. The number of carbonyl (C=O) groups is 6. The average Bonchev–Trinajstić information content (AvgIpc) is 1.61. The van der Waals surface area contributed by atoms with Crippen molar-refractivity contribution in [2.24, 2.45) is 5.92 Å². The van der Waals surface area contributed by atoms with Gasteiger partial charge in [-0.25, -0.2) is 26.9 Å². The number of ether oxygens (including phenoxy) is 2. The van der Waals surface area contributed by atoms with E-state index in [0.717, 1.165) is 53.8 Å². The van der Waals surface area contributed by atoms with Gasteiger partial charge in [0.2, 0.25) is 0 Å². The third-order valence-electron chi connectivity index (χ3n) is 18.3. The number of benzene rings is 4. The zero-order valence-electron chi connectivity index (χ0n) is 50.5. The fourth-order valence-corrected chi connectivity index (χ4v) is 13.6. The zero-order chi connectivity index (χ0) is 67.7. The summed E-state index contributed by atoms with van der Waals surface area (Å²) in [6.07, 6.45) is -8.20. The van der Waals surface area contributed by atoms with Crippen LogP contribution in [-0.4, -0.2) is 147 Å². The van der Waals surface area contributed by atoms with Gasteiger partial charge in [-0.15, -0.1) is 0 Å². The maximum Gasteiger partial charge on any atom is 0.416 e. The smallest absolute Gasteiger partial charge is 0.381 e. The van der Waals surface area contributed by atoms with Crippen LogP contribution in [0.15, 0.2) is 97.1 Å². The summed E-state index contributed by atoms with van der Waals surface area (Å²) in [6, 6.07) is 15.5. The molecule has 0 spiro atoms. The highest BCUT2D eigenvalue weighted by Gasteiger charge is 2.57. The predicted octanol–water partition coefficient (Wildman–Crippen LogP) is 9.59. The van der Waals surface area contributed by atoms with Crippen molar-refractivity contribution in [1.29, 1.82) is 10.5 Å². The van der Waals surface area contributed by atoms with Gasteiger partial charge < -0.3 is 29.9 Å². The van der Waals surface area contributed by atoms with Crippen molar-refractivity contribution in [1.82, 2.24) is 40.0 Å². The Bertz CT molecular complexity index is 4130. The van der Waals surface area contributed by atoms with E-state index >= 15 is 0 Å². The summed E-state index contributed by atoms with van der Waals surface area (Å²) in [7, 11) is 0. The fraction of sp³-hybridized carbons (Fsp3) is 0.415. The van der Waals surface area contributed by atoms with Gasteiger partial charge in [-0.2, -0.15) is 47.1 Å². The van der Waals surface area contributed by atoms with Gasteiger partial charge in [0.1, 0.15) is 53.5 Å². The number of nitriles is 2. The molecule has 13 rings (SSSR count). The molecular formula is C65H62F10N12O8. The van der Waals surface area contributed by atoms with Crippen LogP contribution in [0.4, 0.5) is 55.5 Å². The monoisotopic (exact) mass is 1330 g/mol. The number of likely N-dealkylation sites (tertiary alicyclic amines) is 2. The van der Waals surface area contributed by atoms with Gasteiger partial charge in [0, 0.05) is 75.7 Å². The molecule has 1 aliphatic carbocycles. The van der Waals surface area contributed by atoms with Crippen molar-refractivity contribution in [3.8, 4) is 12.1 Å². The summed E-state index contributed by atoms with van der Waals surface area (Å²) in [4.78, 5) is 89.3. The number of hydrogen-bond donors (Lipinski definition) is 2. The van der Waals surface area contributed by atoms with Gasteiger partial charge in [-0.3, -0.25) is 38.6 Å². The molecule has 95 heavy (non-hydrogen) atoms. The number of aromatic nitrogens is 4. The predicted molar refractivity (Wildman–Crippen MR) is 318 cm³/mol. The Labute approximate surface area is 537 Å². The lowest BCUT2D eigenvalue weighted by molar-refractivity contribution is -0.138. The molecule has 0 unspecified atom stereocenters. The molecule has 7 aliphatic rings. The highest BCUT2D eigenvalue weighted by Crippen LogP contribution is 2.51. The van der Waals surface area contributed by atoms with Crippen LogP contribution in [0.25, 0.3) is 0 Å². The van der Waals surface area contributed by atoms with Gasteiger partial charge in [0.15, 0.2) is 11.4 Å². The first-order valence-corrected chi connectivity index (χ1v) is 30.6. The first-order chi connectivity index (χ1) is 45.2. The number of fused-ring (bicyclic) bond motifs is 3. The number of nitrogens with one attached hydrogen (secondary N) is 2. The van der Waals surface area contributed by atoms with Gasteiger partial charge in [0.05, 0.1) is 49.1 Å². The normalized spacial score (nSPS) is 23.9. The van der Waals surface area contributed by atoms with Gasteiger partial charge >= 0.3 is 12.4 Å². The zero-order valence-corrected chi connectivity index (χ0v) is 50.5. The van der Waals surface area contributed by atoms with Crippen LogP contribution in [0.3, 0.4) is 0 Å². The molecule has 6 aromatic rings. The first kappa shape index (κ1) is 65.4. The van der Waals surface area contributed by atoms with E-state index in [2.05, 4.69) is 21.8 Å². The van der Waals surface area contributed by atoms with Crippen molar-refractivity contribution in [3.05, 3.63) is 165 Å². The van der Waals surface area contributed by atoms with Crippen molar-refractivity contribution >= 4 is 47.1 Å². The molecule has 6 aliphatic heterocycles. The Hall–Kier alpha value is -9.68. The molecule has 6 amide bonds. The van der Waals surface area contributed by atoms with E-state index in [-0.39, 0.29) is 81.1 Å². The van der Waals surface area contributed by atoms with Crippen molar-refractivity contribution in [2.75, 3.05) is 55.9 Å². The summed E-state index contributed by atoms with van der Waals surface area (Å²) in [5.74, 6) is -11.0. The van der Waals surface area contributed by atoms with Gasteiger partial charge in [-0.05, 0) is 117 Å². The molecule has 4 aromatic carbocycles. The maximum absolute atomic E-state index is 14.6. The standard InChI is InChI=1S/C33H30F6N6O4.C32H28F4N6O4.2H2/c1-2-43-29-25(27(42-45(29)22-10-12-49-13-11-22)31(48)44-17-32(35,36)15-23(44)16-40)24(18-6-8-21(34)9-7-18)26(30(43)47)41-28(46)19-4-3-5-20(14-19)33(37,38)39;1-2-40-29-25(27(39-42(29)22-14-46-15-22)31(45)41-21(13-37)11-18-12-23(18)41)24(16-6-8-20(33)9-7-16)26(30(40)44)38-28(43)17-4-3-5-19(10-17)32(34,35)36;;/h3-9,14,22-24,26H,2,10-13,15,17H2,1H3,(H,41,46);3-10,18,21-24,26H,2,11-12,14-15H2,1H3,(H,38,43);2*1H/t23-,24-,26-;18-,21-,23+,24-,26-;;/m00../s1. The summed E-state index contributed by atoms with van der Waals surface area (Å²) in [6.45, 7) is 3.59. The summed E-state index contributed by atoms with van der Waals surface area (Å²) in [5, 5.41) is 34.1. The second kappa shape index (κ2) is 25.2. The number of hydrogen-bond acceptors (Lipinski definition) is 12. The van der Waals surface area contributed by atoms with E-state index in [4.69, 9.17) is 14.6 Å². The van der Waals surface area contributed by atoms with E-state index in [1.54, 1.807) is 29.5 Å². The highest BCUT2D eigenvalue weighted by molar-refractivity contribution is 6.09. The fourth-order valence-electron chi connectivity index (χ4n) is 13.6. The van der Waals surface area contributed by atoms with Crippen LogP contribution in [0.2, 0.25) is 0 Å². The van der Waals surface area contributed by atoms with Crippen LogP contribution in [0, 0.1) is 40.2 Å². The number of carbonyl (C=O) groups excluding carboxylic acids is 6. The molecule has 5 fully saturated rings. The Morgan fingerprint density at radius 3 is 1.54 bits per heavy atom. The lowest BCUT2D eigenvalue weighted by Crippen LogP contribution is -2.56. The van der Waals surface area contributed by atoms with Gasteiger partial charge in [-0.1, -0.05) is 36.4 Å². The largest absolute Gasteiger partial charge is 0.416 e. The Kier molecular flexibility index (Phi) is 17.4. The van der Waals surface area contributed by atoms with Crippen LogP contribution >= 0.6 is 0 Å². The minimum atomic E-state index is -4.76. The third kappa shape index (κ3) is 12.2. The highest BCUT2D eigenvalue weighted by atomic mass is 19.4. The second-order valence-electron chi connectivity index (χ2n) is 24.2. The maximum atomic E-state index is 14.6. The molecule has 30 heteroatoms. The molecule has 8 atom stereocenters. The van der Waals surface area contributed by atoms with Gasteiger partial charge in [0.25, 0.3) is 41.4 Å². The second-order valence-corrected chi connectivity index (χ2v) is 24.2. The van der Waals surface area contributed by atoms with Crippen molar-refractivity contribution < 1.29 is 85.0 Å². The number of rotatable bonds is 12. The number of piperidine rings is 1. The van der Waals surface area contributed by atoms with E-state index in [1.165, 1.54) is 56.9 Å². The van der Waals surface area contributed by atoms with E-state index in [9.17, 15) is 83.2 Å². The Morgan fingerprint density at radius 2 is 1.11 bits per heavy atom. The Morgan fingerprint density at radius 1 is 0.642 bits per heavy atom. The van der Waals surface area contributed by atoms with E-state index in [1.807, 2.05) is 0 Å². The van der Waals surface area contributed by atoms with Crippen molar-refractivity contribution in [3.63, 3.8) is 0 Å². The molecule has 8 heterocycles. The number of amides is 6. The number of nitrogens with zero attached hydrogens (tertiary/aromatic N) is 10. The molecule has 2 N–H and O–H groups in total.